The molecule has 0 aliphatic carbocycles. The average Bonchev–Trinajstić information content (AvgIpc) is 3.11. The second-order valence-corrected chi connectivity index (χ2v) is 7.26. The first-order valence-corrected chi connectivity index (χ1v) is 9.91. The van der Waals surface area contributed by atoms with E-state index in [4.69, 9.17) is 4.74 Å². The van der Waals surface area contributed by atoms with E-state index >= 15 is 0 Å². The summed E-state index contributed by atoms with van der Waals surface area (Å²) >= 11 is 0. The molecule has 6 nitrogen and oxygen atoms in total. The highest BCUT2D eigenvalue weighted by Crippen LogP contribution is 2.31. The lowest BCUT2D eigenvalue weighted by molar-refractivity contribution is 0.262. The number of ether oxygens (including phenoxy) is 1. The van der Waals surface area contributed by atoms with Gasteiger partial charge >= 0.3 is 6.03 Å². The summed E-state index contributed by atoms with van der Waals surface area (Å²) in [5, 5.41) is 13.4. The van der Waals surface area contributed by atoms with Crippen LogP contribution in [0.5, 0.6) is 5.75 Å². The van der Waals surface area contributed by atoms with Gasteiger partial charge in [0.05, 0.1) is 18.5 Å². The van der Waals surface area contributed by atoms with Crippen LogP contribution in [0.2, 0.25) is 0 Å². The highest BCUT2D eigenvalue weighted by atomic mass is 16.5. The molecular weight excluding hydrogens is 364 g/mol. The molecule has 0 saturated carbocycles. The van der Waals surface area contributed by atoms with Gasteiger partial charge in [0.25, 0.3) is 0 Å². The molecule has 0 saturated heterocycles. The number of nitrogens with zero attached hydrogens (tertiary/aromatic N) is 1. The van der Waals surface area contributed by atoms with Crippen LogP contribution in [-0.2, 0) is 6.42 Å². The Labute approximate surface area is 171 Å². The maximum absolute atomic E-state index is 12.7. The number of carbonyl (C=O) groups excluding carboxylic acids is 1. The molecule has 3 rings (SSSR count). The van der Waals surface area contributed by atoms with E-state index in [0.717, 1.165) is 35.5 Å². The van der Waals surface area contributed by atoms with Crippen LogP contribution in [0.3, 0.4) is 0 Å². The first kappa shape index (κ1) is 20.5. The van der Waals surface area contributed by atoms with Gasteiger partial charge in [-0.05, 0) is 42.2 Å². The second kappa shape index (κ2) is 9.28. The summed E-state index contributed by atoms with van der Waals surface area (Å²) in [4.78, 5) is 12.7. The summed E-state index contributed by atoms with van der Waals surface area (Å²) in [5.74, 6) is 1.19. The molecule has 0 aliphatic heterocycles. The highest BCUT2D eigenvalue weighted by Gasteiger charge is 2.17. The number of urea groups is 1. The number of methoxy groups -OCH3 is 1. The van der Waals surface area contributed by atoms with E-state index in [1.54, 1.807) is 7.11 Å². The normalized spacial score (nSPS) is 10.8. The first-order chi connectivity index (χ1) is 14.0. The molecule has 0 spiro atoms. The third kappa shape index (κ3) is 4.96. The fraction of sp³-hybridized carbons (Fsp3) is 0.304. The number of anilines is 2. The second-order valence-electron chi connectivity index (χ2n) is 7.26. The third-order valence-electron chi connectivity index (χ3n) is 4.76. The van der Waals surface area contributed by atoms with E-state index in [2.05, 4.69) is 41.6 Å². The van der Waals surface area contributed by atoms with Crippen LogP contribution in [0, 0.1) is 0 Å². The Morgan fingerprint density at radius 1 is 1.14 bits per heavy atom. The lowest BCUT2D eigenvalue weighted by Gasteiger charge is -2.11. The smallest absolute Gasteiger partial charge is 0.323 e. The number of carbonyl (C=O) groups is 1. The molecule has 2 aromatic carbocycles. The van der Waals surface area contributed by atoms with E-state index in [1.165, 1.54) is 5.56 Å². The number of amides is 2. The van der Waals surface area contributed by atoms with Crippen molar-refractivity contribution in [2.45, 2.75) is 39.5 Å². The maximum atomic E-state index is 12.7. The van der Waals surface area contributed by atoms with Crippen LogP contribution in [0.1, 0.15) is 44.4 Å². The van der Waals surface area contributed by atoms with Gasteiger partial charge in [0, 0.05) is 11.3 Å². The summed E-state index contributed by atoms with van der Waals surface area (Å²) < 4.78 is 5.32. The monoisotopic (exact) mass is 392 g/mol. The first-order valence-electron chi connectivity index (χ1n) is 9.91. The van der Waals surface area contributed by atoms with Crippen molar-refractivity contribution in [3.05, 3.63) is 59.8 Å². The summed E-state index contributed by atoms with van der Waals surface area (Å²) in [6.07, 6.45) is 1.72. The van der Waals surface area contributed by atoms with Crippen molar-refractivity contribution >= 4 is 17.4 Å². The topological polar surface area (TPSA) is 79.0 Å². The fourth-order valence-electron chi connectivity index (χ4n) is 3.15. The molecule has 1 heterocycles. The Kier molecular flexibility index (Phi) is 6.54. The van der Waals surface area contributed by atoms with Crippen LogP contribution in [0.4, 0.5) is 16.2 Å². The predicted molar refractivity (Wildman–Crippen MR) is 118 cm³/mol. The molecular formula is C23H28N4O2. The molecule has 0 fully saturated rings. The molecule has 29 heavy (non-hydrogen) atoms. The van der Waals surface area contributed by atoms with Gasteiger partial charge in [-0.1, -0.05) is 51.5 Å². The van der Waals surface area contributed by atoms with Crippen molar-refractivity contribution in [1.82, 2.24) is 10.2 Å². The molecule has 3 N–H and O–H groups in total. The number of aryl methyl sites for hydroxylation is 1. The molecule has 0 unspecified atom stereocenters. The molecule has 0 atom stereocenters. The van der Waals surface area contributed by atoms with Gasteiger partial charge in [-0.25, -0.2) is 4.79 Å². The van der Waals surface area contributed by atoms with E-state index in [0.29, 0.717) is 17.3 Å². The van der Waals surface area contributed by atoms with Crippen molar-refractivity contribution in [1.29, 1.82) is 0 Å². The number of aromatic nitrogens is 2. The Morgan fingerprint density at radius 3 is 2.55 bits per heavy atom. The Hall–Kier alpha value is -3.28. The highest BCUT2D eigenvalue weighted by molar-refractivity contribution is 6.02. The van der Waals surface area contributed by atoms with Crippen molar-refractivity contribution in [3.8, 4) is 17.0 Å². The zero-order valence-electron chi connectivity index (χ0n) is 17.4. The Morgan fingerprint density at radius 2 is 1.90 bits per heavy atom. The number of H-pyrrole nitrogens is 1. The van der Waals surface area contributed by atoms with Crippen LogP contribution in [-0.4, -0.2) is 23.3 Å². The van der Waals surface area contributed by atoms with E-state index < -0.39 is 0 Å². The van der Waals surface area contributed by atoms with Crippen LogP contribution in [0.25, 0.3) is 11.3 Å². The maximum Gasteiger partial charge on any atom is 0.323 e. The quantitative estimate of drug-likeness (QED) is 0.475. The predicted octanol–water partition coefficient (Wildman–Crippen LogP) is 5.81. The summed E-state index contributed by atoms with van der Waals surface area (Å²) in [5.41, 5.74) is 5.14. The molecule has 3 aromatic rings. The molecule has 2 amide bonds. The number of nitrogens with one attached hydrogen (secondary N) is 3. The minimum Gasteiger partial charge on any atom is -0.497 e. The van der Waals surface area contributed by atoms with Gasteiger partial charge in [-0.15, -0.1) is 0 Å². The van der Waals surface area contributed by atoms with Crippen molar-refractivity contribution < 1.29 is 9.53 Å². The van der Waals surface area contributed by atoms with Crippen molar-refractivity contribution in [2.75, 3.05) is 17.7 Å². The molecule has 0 aliphatic rings. The minimum atomic E-state index is -0.301. The number of hydrogen-bond donors (Lipinski definition) is 3. The molecule has 6 heteroatoms. The largest absolute Gasteiger partial charge is 0.497 e. The molecule has 0 radical (unpaired) electrons. The standard InChI is InChI=1S/C23H28N4O2/c1-5-7-20-22(21(27-26-20)17-8-6-9-19(14-17)29-4)25-23(28)24-18-12-10-16(11-13-18)15(2)3/h6,8-15H,5,7H2,1-4H3,(H,26,27)(H2,24,25,28). The fourth-order valence-corrected chi connectivity index (χ4v) is 3.15. The Bertz CT molecular complexity index is 961. The van der Waals surface area contributed by atoms with Gasteiger partial charge in [-0.3, -0.25) is 5.10 Å². The van der Waals surface area contributed by atoms with Gasteiger partial charge in [-0.2, -0.15) is 5.10 Å². The molecule has 1 aromatic heterocycles. The SMILES string of the molecule is CCCc1[nH]nc(-c2cccc(OC)c2)c1NC(=O)Nc1ccc(C(C)C)cc1. The summed E-state index contributed by atoms with van der Waals surface area (Å²) in [6.45, 7) is 6.37. The average molecular weight is 393 g/mol. The van der Waals surface area contributed by atoms with Crippen LogP contribution < -0.4 is 15.4 Å². The lowest BCUT2D eigenvalue weighted by atomic mass is 10.0. The number of benzene rings is 2. The van der Waals surface area contributed by atoms with E-state index in [-0.39, 0.29) is 6.03 Å². The molecule has 0 bridgehead atoms. The van der Waals surface area contributed by atoms with Crippen LogP contribution >= 0.6 is 0 Å². The number of rotatable bonds is 7. The van der Waals surface area contributed by atoms with Crippen molar-refractivity contribution in [2.24, 2.45) is 0 Å². The van der Waals surface area contributed by atoms with E-state index in [9.17, 15) is 4.79 Å². The molecule has 152 valence electrons. The van der Waals surface area contributed by atoms with E-state index in [1.807, 2.05) is 48.5 Å². The van der Waals surface area contributed by atoms with Crippen LogP contribution in [0.15, 0.2) is 48.5 Å². The summed E-state index contributed by atoms with van der Waals surface area (Å²) in [7, 11) is 1.63. The number of aromatic amines is 1. The third-order valence-corrected chi connectivity index (χ3v) is 4.76. The summed E-state index contributed by atoms with van der Waals surface area (Å²) in [6, 6.07) is 15.2. The zero-order valence-corrected chi connectivity index (χ0v) is 17.4. The van der Waals surface area contributed by atoms with Gasteiger partial charge in [0.15, 0.2) is 0 Å². The minimum absolute atomic E-state index is 0.301. The van der Waals surface area contributed by atoms with Gasteiger partial charge < -0.3 is 15.4 Å². The lowest BCUT2D eigenvalue weighted by Crippen LogP contribution is -2.20. The zero-order chi connectivity index (χ0) is 20.8. The Balaban J connectivity index is 1.82. The van der Waals surface area contributed by atoms with Gasteiger partial charge in [0.2, 0.25) is 0 Å². The van der Waals surface area contributed by atoms with Crippen molar-refractivity contribution in [3.63, 3.8) is 0 Å². The number of hydrogen-bond acceptors (Lipinski definition) is 3. The van der Waals surface area contributed by atoms with Gasteiger partial charge in [0.1, 0.15) is 11.4 Å².